The number of rotatable bonds is 5. The van der Waals surface area contributed by atoms with E-state index in [1.54, 1.807) is 0 Å². The minimum Gasteiger partial charge on any atom is -0.396 e. The summed E-state index contributed by atoms with van der Waals surface area (Å²) < 4.78 is 0. The smallest absolute Gasteiger partial charge is 0.0433 e. The van der Waals surface area contributed by atoms with Gasteiger partial charge in [0.25, 0.3) is 0 Å². The highest BCUT2D eigenvalue weighted by Gasteiger charge is 2.23. The van der Waals surface area contributed by atoms with Crippen LogP contribution >= 0.6 is 0 Å². The summed E-state index contributed by atoms with van der Waals surface area (Å²) in [6.45, 7) is 11.3. The molecule has 0 aromatic heterocycles. The Kier molecular flexibility index (Phi) is 5.31. The minimum atomic E-state index is 0.305. The van der Waals surface area contributed by atoms with E-state index in [4.69, 9.17) is 5.11 Å². The van der Waals surface area contributed by atoms with Gasteiger partial charge in [0.05, 0.1) is 0 Å². The van der Waals surface area contributed by atoms with Crippen LogP contribution < -0.4 is 0 Å². The first kappa shape index (κ1) is 12.7. The minimum absolute atomic E-state index is 0.305. The zero-order valence-electron chi connectivity index (χ0n) is 9.72. The molecule has 78 valence electrons. The number of hydrogen-bond acceptors (Lipinski definition) is 1. The summed E-state index contributed by atoms with van der Waals surface area (Å²) >= 11 is 0. The summed E-state index contributed by atoms with van der Waals surface area (Å²) in [6.07, 6.45) is 4.30. The van der Waals surface area contributed by atoms with Crippen molar-refractivity contribution in [3.05, 3.63) is 11.6 Å². The number of hydrogen-bond donors (Lipinski definition) is 1. The summed E-state index contributed by atoms with van der Waals surface area (Å²) in [7, 11) is 0. The molecule has 0 aliphatic heterocycles. The molecule has 0 rings (SSSR count). The first-order chi connectivity index (χ1) is 5.90. The molecular weight excluding hydrogens is 160 g/mol. The average Bonchev–Trinajstić information content (AvgIpc) is 2.01. The molecule has 0 aliphatic carbocycles. The summed E-state index contributed by atoms with van der Waals surface area (Å²) in [5, 5.41) is 8.86. The molecule has 0 fully saturated rings. The summed E-state index contributed by atoms with van der Waals surface area (Å²) in [5.74, 6) is 0.577. The number of allylic oxidation sites excluding steroid dienone is 2. The SMILES string of the molecule is CC(C)=CCC(C)(C)C(C)CCO. The predicted molar refractivity (Wildman–Crippen MR) is 58.7 cm³/mol. The van der Waals surface area contributed by atoms with Crippen LogP contribution in [0.4, 0.5) is 0 Å². The lowest BCUT2D eigenvalue weighted by molar-refractivity contribution is 0.173. The molecule has 13 heavy (non-hydrogen) atoms. The third kappa shape index (κ3) is 5.09. The van der Waals surface area contributed by atoms with Crippen LogP contribution in [0.25, 0.3) is 0 Å². The van der Waals surface area contributed by atoms with Crippen molar-refractivity contribution in [2.75, 3.05) is 6.61 Å². The zero-order valence-corrected chi connectivity index (χ0v) is 9.72. The molecule has 0 spiro atoms. The Labute approximate surface area is 82.9 Å². The van der Waals surface area contributed by atoms with Gasteiger partial charge >= 0.3 is 0 Å². The zero-order chi connectivity index (χ0) is 10.5. The predicted octanol–water partition coefficient (Wildman–Crippen LogP) is 3.39. The molecule has 0 saturated carbocycles. The maximum absolute atomic E-state index is 8.86. The largest absolute Gasteiger partial charge is 0.396 e. The van der Waals surface area contributed by atoms with Crippen molar-refractivity contribution in [2.24, 2.45) is 11.3 Å². The second-order valence-electron chi connectivity index (χ2n) is 4.89. The second kappa shape index (κ2) is 5.43. The van der Waals surface area contributed by atoms with Crippen LogP contribution in [0, 0.1) is 11.3 Å². The van der Waals surface area contributed by atoms with E-state index < -0.39 is 0 Å². The van der Waals surface area contributed by atoms with Gasteiger partial charge < -0.3 is 5.11 Å². The highest BCUT2D eigenvalue weighted by atomic mass is 16.3. The molecule has 0 heterocycles. The van der Waals surface area contributed by atoms with Crippen LogP contribution in [0.3, 0.4) is 0 Å². The van der Waals surface area contributed by atoms with Crippen molar-refractivity contribution >= 4 is 0 Å². The first-order valence-electron chi connectivity index (χ1n) is 5.14. The van der Waals surface area contributed by atoms with E-state index in [9.17, 15) is 0 Å². The van der Waals surface area contributed by atoms with Crippen molar-refractivity contribution < 1.29 is 5.11 Å². The Bertz CT molecular complexity index is 164. The molecule has 1 heteroatoms. The van der Waals surface area contributed by atoms with E-state index in [-0.39, 0.29) is 0 Å². The molecular formula is C12H24O. The fraction of sp³-hybridized carbons (Fsp3) is 0.833. The molecule has 0 bridgehead atoms. The van der Waals surface area contributed by atoms with Gasteiger partial charge in [-0.1, -0.05) is 32.4 Å². The van der Waals surface area contributed by atoms with E-state index in [0.29, 0.717) is 17.9 Å². The van der Waals surface area contributed by atoms with Crippen molar-refractivity contribution in [1.29, 1.82) is 0 Å². The normalized spacial score (nSPS) is 14.0. The monoisotopic (exact) mass is 184 g/mol. The van der Waals surface area contributed by atoms with Gasteiger partial charge in [-0.2, -0.15) is 0 Å². The molecule has 1 N–H and O–H groups in total. The van der Waals surface area contributed by atoms with Gasteiger partial charge in [-0.15, -0.1) is 0 Å². The maximum Gasteiger partial charge on any atom is 0.0433 e. The van der Waals surface area contributed by atoms with E-state index in [1.165, 1.54) is 5.57 Å². The van der Waals surface area contributed by atoms with Gasteiger partial charge in [0.15, 0.2) is 0 Å². The molecule has 0 aromatic rings. The van der Waals surface area contributed by atoms with Crippen LogP contribution in [0.15, 0.2) is 11.6 Å². The van der Waals surface area contributed by atoms with E-state index in [0.717, 1.165) is 12.8 Å². The van der Waals surface area contributed by atoms with Crippen LogP contribution in [0.5, 0.6) is 0 Å². The van der Waals surface area contributed by atoms with Crippen LogP contribution in [-0.2, 0) is 0 Å². The summed E-state index contributed by atoms with van der Waals surface area (Å²) in [4.78, 5) is 0. The Hall–Kier alpha value is -0.300. The Balaban J connectivity index is 4.13. The molecule has 0 aromatic carbocycles. The van der Waals surface area contributed by atoms with Crippen LogP contribution in [-0.4, -0.2) is 11.7 Å². The van der Waals surface area contributed by atoms with Gasteiger partial charge in [0.1, 0.15) is 0 Å². The van der Waals surface area contributed by atoms with E-state index in [1.807, 2.05) is 0 Å². The first-order valence-corrected chi connectivity index (χ1v) is 5.14. The van der Waals surface area contributed by atoms with Crippen molar-refractivity contribution in [2.45, 2.75) is 47.5 Å². The lowest BCUT2D eigenvalue weighted by Gasteiger charge is -2.30. The fourth-order valence-electron chi connectivity index (χ4n) is 1.25. The Morgan fingerprint density at radius 1 is 1.38 bits per heavy atom. The third-order valence-electron chi connectivity index (χ3n) is 2.93. The molecule has 0 aliphatic rings. The summed E-state index contributed by atoms with van der Waals surface area (Å²) in [5.41, 5.74) is 1.68. The standard InChI is InChI=1S/C12H24O/c1-10(2)6-8-12(4,5)11(3)7-9-13/h6,11,13H,7-9H2,1-5H3. The quantitative estimate of drug-likeness (QED) is 0.649. The van der Waals surface area contributed by atoms with Gasteiger partial charge in [0, 0.05) is 6.61 Å². The van der Waals surface area contributed by atoms with Gasteiger partial charge in [-0.05, 0) is 38.0 Å². The number of aliphatic hydroxyl groups is 1. The Morgan fingerprint density at radius 2 is 1.92 bits per heavy atom. The molecule has 0 amide bonds. The van der Waals surface area contributed by atoms with Crippen molar-refractivity contribution in [3.63, 3.8) is 0 Å². The molecule has 0 radical (unpaired) electrons. The number of aliphatic hydroxyl groups excluding tert-OH is 1. The average molecular weight is 184 g/mol. The second-order valence-corrected chi connectivity index (χ2v) is 4.89. The van der Waals surface area contributed by atoms with Crippen molar-refractivity contribution in [1.82, 2.24) is 0 Å². The van der Waals surface area contributed by atoms with Gasteiger partial charge in [-0.3, -0.25) is 0 Å². The molecule has 1 unspecified atom stereocenters. The van der Waals surface area contributed by atoms with Gasteiger partial charge in [-0.25, -0.2) is 0 Å². The summed E-state index contributed by atoms with van der Waals surface area (Å²) in [6, 6.07) is 0. The topological polar surface area (TPSA) is 20.2 Å². The van der Waals surface area contributed by atoms with Crippen LogP contribution in [0.1, 0.15) is 47.5 Å². The maximum atomic E-state index is 8.86. The van der Waals surface area contributed by atoms with Crippen LogP contribution in [0.2, 0.25) is 0 Å². The fourth-order valence-corrected chi connectivity index (χ4v) is 1.25. The Morgan fingerprint density at radius 3 is 2.31 bits per heavy atom. The molecule has 1 nitrogen and oxygen atoms in total. The highest BCUT2D eigenvalue weighted by molar-refractivity contribution is 4.96. The van der Waals surface area contributed by atoms with Crippen molar-refractivity contribution in [3.8, 4) is 0 Å². The lowest BCUT2D eigenvalue weighted by Crippen LogP contribution is -2.21. The molecule has 1 atom stereocenters. The lowest BCUT2D eigenvalue weighted by atomic mass is 9.75. The highest BCUT2D eigenvalue weighted by Crippen LogP contribution is 2.33. The van der Waals surface area contributed by atoms with E-state index in [2.05, 4.69) is 40.7 Å². The molecule has 0 saturated heterocycles. The van der Waals surface area contributed by atoms with E-state index >= 15 is 0 Å². The third-order valence-corrected chi connectivity index (χ3v) is 2.93. The van der Waals surface area contributed by atoms with Gasteiger partial charge in [0.2, 0.25) is 0 Å².